The molecule has 1 spiro atoms. The van der Waals surface area contributed by atoms with Crippen molar-refractivity contribution in [1.82, 2.24) is 9.55 Å². The molecule has 2 aliphatic heterocycles. The van der Waals surface area contributed by atoms with Gasteiger partial charge in [-0.1, -0.05) is 121 Å². The molecule has 2 unspecified atom stereocenters. The zero-order valence-corrected chi connectivity index (χ0v) is 28.9. The predicted octanol–water partition coefficient (Wildman–Crippen LogP) is 10.1. The highest BCUT2D eigenvalue weighted by atomic mass is 31.2. The van der Waals surface area contributed by atoms with E-state index < -0.39 is 12.6 Å². The molecule has 3 aliphatic rings. The summed E-state index contributed by atoms with van der Waals surface area (Å²) in [6, 6.07) is 58.9. The van der Waals surface area contributed by atoms with Gasteiger partial charge in [0.1, 0.15) is 0 Å². The lowest BCUT2D eigenvalue weighted by molar-refractivity contribution is 0.593. The van der Waals surface area contributed by atoms with Gasteiger partial charge in [0.2, 0.25) is 0 Å². The van der Waals surface area contributed by atoms with E-state index in [1.54, 1.807) is 0 Å². The van der Waals surface area contributed by atoms with Gasteiger partial charge in [-0.2, -0.15) is 0 Å². The number of aromatic nitrogens is 2. The maximum absolute atomic E-state index is 15.8. The van der Waals surface area contributed by atoms with Crippen LogP contribution in [0.3, 0.4) is 0 Å². The quantitative estimate of drug-likeness (QED) is 0.170. The van der Waals surface area contributed by atoms with Crippen molar-refractivity contribution in [3.63, 3.8) is 0 Å². The van der Waals surface area contributed by atoms with Crippen LogP contribution in [0.25, 0.3) is 60.9 Å². The van der Waals surface area contributed by atoms with E-state index in [0.717, 1.165) is 43.7 Å². The maximum atomic E-state index is 15.8. The maximum Gasteiger partial charge on any atom is 0.172 e. The molecule has 0 bridgehead atoms. The van der Waals surface area contributed by atoms with E-state index in [1.807, 2.05) is 48.8 Å². The molecule has 0 saturated carbocycles. The van der Waals surface area contributed by atoms with Crippen LogP contribution in [-0.4, -0.2) is 9.55 Å². The number of hydrogen-bond donors (Lipinski definition) is 0. The molecule has 1 aliphatic carbocycles. The van der Waals surface area contributed by atoms with Gasteiger partial charge in [-0.05, 0) is 98.1 Å². The van der Waals surface area contributed by atoms with Gasteiger partial charge < -0.3 is 9.13 Å². The average molecular weight is 681 g/mol. The SMILES string of the molecule is O=P1(c2ccccc2)c2ccccc2-c2cc3c(cc21)-c1ccc(-c2ccncc2)cc1C31c2ccccc2-n2c3ccccc3c3cccc1c32. The molecule has 3 nitrogen and oxygen atoms in total. The van der Waals surface area contributed by atoms with Crippen molar-refractivity contribution in [2.24, 2.45) is 0 Å². The molecule has 52 heavy (non-hydrogen) atoms. The minimum atomic E-state index is -3.15. The average Bonchev–Trinajstić information content (AvgIpc) is 3.80. The molecule has 0 saturated heterocycles. The molecular weight excluding hydrogens is 652 g/mol. The Kier molecular flexibility index (Phi) is 5.43. The van der Waals surface area contributed by atoms with Gasteiger partial charge in [0, 0.05) is 39.1 Å². The monoisotopic (exact) mass is 680 g/mol. The molecule has 0 N–H and O–H groups in total. The van der Waals surface area contributed by atoms with Crippen LogP contribution in [0.2, 0.25) is 0 Å². The molecule has 4 heterocycles. The molecule has 0 amide bonds. The Bertz CT molecular complexity index is 3050. The van der Waals surface area contributed by atoms with Crippen molar-refractivity contribution in [3.8, 4) is 39.1 Å². The summed E-state index contributed by atoms with van der Waals surface area (Å²) in [5.74, 6) is 0. The van der Waals surface area contributed by atoms with Crippen molar-refractivity contribution in [2.45, 2.75) is 5.41 Å². The Morgan fingerprint density at radius 3 is 2.12 bits per heavy atom. The van der Waals surface area contributed by atoms with Crippen molar-refractivity contribution < 1.29 is 4.57 Å². The van der Waals surface area contributed by atoms with Gasteiger partial charge in [-0.25, -0.2) is 0 Å². The molecule has 0 fully saturated rings. The largest absolute Gasteiger partial charge is 0.309 e. The summed E-state index contributed by atoms with van der Waals surface area (Å²) in [6.45, 7) is 0. The lowest BCUT2D eigenvalue weighted by Gasteiger charge is -2.40. The van der Waals surface area contributed by atoms with Crippen molar-refractivity contribution >= 4 is 44.9 Å². The third kappa shape index (κ3) is 3.29. The second kappa shape index (κ2) is 9.94. The first-order valence-corrected chi connectivity index (χ1v) is 19.5. The van der Waals surface area contributed by atoms with E-state index in [9.17, 15) is 0 Å². The summed E-state index contributed by atoms with van der Waals surface area (Å²) in [6.07, 6.45) is 3.73. The first-order chi connectivity index (χ1) is 25.7. The Labute approximate surface area is 300 Å². The highest BCUT2D eigenvalue weighted by molar-refractivity contribution is 7.86. The fourth-order valence-corrected chi connectivity index (χ4v) is 12.9. The second-order valence-corrected chi connectivity index (χ2v) is 16.9. The third-order valence-corrected chi connectivity index (χ3v) is 15.0. The normalized spacial score (nSPS) is 18.6. The lowest BCUT2D eigenvalue weighted by atomic mass is 9.65. The summed E-state index contributed by atoms with van der Waals surface area (Å²) < 4.78 is 18.3. The Morgan fingerprint density at radius 2 is 1.21 bits per heavy atom. The van der Waals surface area contributed by atoms with Crippen molar-refractivity contribution in [2.75, 3.05) is 0 Å². The molecule has 2 atom stereocenters. The fraction of sp³-hybridized carbons (Fsp3) is 0.0208. The molecule has 2 aromatic heterocycles. The van der Waals surface area contributed by atoms with Crippen molar-refractivity contribution in [1.29, 1.82) is 0 Å². The predicted molar refractivity (Wildman–Crippen MR) is 213 cm³/mol. The van der Waals surface area contributed by atoms with E-state index in [1.165, 1.54) is 55.3 Å². The zero-order valence-electron chi connectivity index (χ0n) is 28.0. The van der Waals surface area contributed by atoms with Crippen LogP contribution >= 0.6 is 7.14 Å². The minimum Gasteiger partial charge on any atom is -0.309 e. The molecule has 242 valence electrons. The van der Waals surface area contributed by atoms with Gasteiger partial charge in [-0.3, -0.25) is 4.98 Å². The summed E-state index contributed by atoms with van der Waals surface area (Å²) in [5, 5.41) is 5.23. The van der Waals surface area contributed by atoms with E-state index in [0.29, 0.717) is 0 Å². The zero-order chi connectivity index (χ0) is 34.2. The highest BCUT2D eigenvalue weighted by Gasteiger charge is 2.53. The summed E-state index contributed by atoms with van der Waals surface area (Å²) in [7, 11) is -3.15. The second-order valence-electron chi connectivity index (χ2n) is 14.2. The first-order valence-electron chi connectivity index (χ1n) is 17.8. The van der Waals surface area contributed by atoms with E-state index in [4.69, 9.17) is 0 Å². The number of nitrogens with zero attached hydrogens (tertiary/aromatic N) is 2. The smallest absolute Gasteiger partial charge is 0.172 e. The number of rotatable bonds is 2. The van der Waals surface area contributed by atoms with Gasteiger partial charge in [0.05, 0.1) is 22.1 Å². The topological polar surface area (TPSA) is 34.9 Å². The number of pyridine rings is 1. The summed E-state index contributed by atoms with van der Waals surface area (Å²) >= 11 is 0. The first kappa shape index (κ1) is 28.4. The van der Waals surface area contributed by atoms with Gasteiger partial charge >= 0.3 is 0 Å². The van der Waals surface area contributed by atoms with E-state index in [-0.39, 0.29) is 0 Å². The molecule has 7 aromatic carbocycles. The molecular formula is C48H29N2OP. The lowest BCUT2D eigenvalue weighted by Crippen LogP contribution is -2.33. The van der Waals surface area contributed by atoms with Gasteiger partial charge in [0.15, 0.2) is 7.14 Å². The Morgan fingerprint density at radius 1 is 0.481 bits per heavy atom. The van der Waals surface area contributed by atoms with Crippen LogP contribution in [0.1, 0.15) is 22.3 Å². The molecule has 0 radical (unpaired) electrons. The minimum absolute atomic E-state index is 0.627. The van der Waals surface area contributed by atoms with Crippen LogP contribution in [0.15, 0.2) is 176 Å². The van der Waals surface area contributed by atoms with Gasteiger partial charge in [0.25, 0.3) is 0 Å². The highest BCUT2D eigenvalue weighted by Crippen LogP contribution is 2.63. The number of para-hydroxylation sites is 3. The standard InChI is InChI=1S/C48H29N2OP/c51-52(32-11-2-1-3-12-32)45-20-9-5-14-35(45)38-28-42-37(29-46(38)52)33-22-21-31(30-23-25-49-26-24-30)27-41(33)48(42)39-16-6-8-19-44(39)50-43-18-7-4-13-34(43)36-15-10-17-40(48)47(36)50/h1-29H. The number of hydrogen-bond acceptors (Lipinski definition) is 2. The van der Waals surface area contributed by atoms with Crippen LogP contribution in [-0.2, 0) is 9.98 Å². The molecule has 9 aromatic rings. The Hall–Kier alpha value is -6.28. The van der Waals surface area contributed by atoms with E-state index in [2.05, 4.69) is 137 Å². The number of benzene rings is 7. The summed E-state index contributed by atoms with van der Waals surface area (Å²) in [4.78, 5) is 4.32. The number of fused-ring (bicyclic) bond motifs is 15. The van der Waals surface area contributed by atoms with Crippen LogP contribution in [0, 0.1) is 0 Å². The van der Waals surface area contributed by atoms with Gasteiger partial charge in [-0.15, -0.1) is 0 Å². The van der Waals surface area contributed by atoms with E-state index >= 15 is 4.57 Å². The fourth-order valence-electron chi connectivity index (χ4n) is 9.86. The summed E-state index contributed by atoms with van der Waals surface area (Å²) in [5.41, 5.74) is 14.8. The van der Waals surface area contributed by atoms with Crippen LogP contribution in [0.4, 0.5) is 0 Å². The molecule has 12 rings (SSSR count). The Balaban J connectivity index is 1.27. The molecule has 4 heteroatoms. The van der Waals surface area contributed by atoms with Crippen LogP contribution in [0.5, 0.6) is 0 Å². The van der Waals surface area contributed by atoms with Crippen LogP contribution < -0.4 is 15.9 Å². The third-order valence-electron chi connectivity index (χ3n) is 11.9. The van der Waals surface area contributed by atoms with Crippen molar-refractivity contribution in [3.05, 3.63) is 198 Å².